The molecule has 1 aliphatic rings. The zero-order valence-corrected chi connectivity index (χ0v) is 15.9. The highest BCUT2D eigenvalue weighted by Gasteiger charge is 2.30. The largest absolute Gasteiger partial charge is 0.492 e. The minimum Gasteiger partial charge on any atom is -0.437 e. The number of fused-ring (bicyclic) bond motifs is 1. The maximum Gasteiger partial charge on any atom is 0.492 e. The van der Waals surface area contributed by atoms with E-state index in [1.54, 1.807) is 19.9 Å². The Hall–Kier alpha value is -2.29. The second-order valence-corrected chi connectivity index (χ2v) is 7.45. The van der Waals surface area contributed by atoms with E-state index in [1.807, 2.05) is 19.9 Å². The van der Waals surface area contributed by atoms with E-state index < -0.39 is 12.7 Å². The van der Waals surface area contributed by atoms with E-state index in [1.165, 1.54) is 12.4 Å². The van der Waals surface area contributed by atoms with Crippen LogP contribution < -0.4 is 10.2 Å². The van der Waals surface area contributed by atoms with Gasteiger partial charge in [-0.2, -0.15) is 0 Å². The molecule has 2 heterocycles. The highest BCUT2D eigenvalue weighted by Crippen LogP contribution is 2.26. The van der Waals surface area contributed by atoms with Crippen LogP contribution in [0.15, 0.2) is 24.5 Å². The number of ether oxygens (including phenoxy) is 1. The first-order valence-corrected chi connectivity index (χ1v) is 8.84. The molecule has 0 unspecified atom stereocenters. The summed E-state index contributed by atoms with van der Waals surface area (Å²) in [5.74, 6) is 0.406. The summed E-state index contributed by atoms with van der Waals surface area (Å²) < 4.78 is 11.0. The van der Waals surface area contributed by atoms with Crippen LogP contribution in [0, 0.1) is 12.8 Å². The molecule has 142 valence electrons. The number of Topliss-reactive ketones (excluding diaryl/α,β-unsaturated/α-hetero) is 1. The van der Waals surface area contributed by atoms with E-state index in [0.29, 0.717) is 17.8 Å². The fourth-order valence-corrected chi connectivity index (χ4v) is 2.85. The number of ketones is 1. The van der Waals surface area contributed by atoms with Gasteiger partial charge in [0.2, 0.25) is 5.88 Å². The van der Waals surface area contributed by atoms with Gasteiger partial charge in [-0.05, 0) is 49.3 Å². The summed E-state index contributed by atoms with van der Waals surface area (Å²) in [4.78, 5) is 20.6. The molecule has 3 rings (SSSR count). The number of aliphatic hydroxyl groups is 1. The molecule has 2 aromatic rings. The second-order valence-electron chi connectivity index (χ2n) is 7.45. The van der Waals surface area contributed by atoms with E-state index >= 15 is 0 Å². The average molecular weight is 370 g/mol. The van der Waals surface area contributed by atoms with Gasteiger partial charge >= 0.3 is 7.12 Å². The Morgan fingerprint density at radius 3 is 2.74 bits per heavy atom. The van der Waals surface area contributed by atoms with Crippen LogP contribution >= 0.6 is 0 Å². The van der Waals surface area contributed by atoms with Crippen molar-refractivity contribution in [1.29, 1.82) is 0 Å². The fourth-order valence-electron chi connectivity index (χ4n) is 2.85. The van der Waals surface area contributed by atoms with Gasteiger partial charge in [-0.25, -0.2) is 9.97 Å². The Bertz CT molecular complexity index is 848. The third kappa shape index (κ3) is 4.18. The monoisotopic (exact) mass is 370 g/mol. The molecular formula is C19H23BN2O5. The predicted molar refractivity (Wildman–Crippen MR) is 100 cm³/mol. The van der Waals surface area contributed by atoms with Gasteiger partial charge in [-0.3, -0.25) is 4.79 Å². The molecule has 1 aromatic carbocycles. The summed E-state index contributed by atoms with van der Waals surface area (Å²) in [7, 11) is -0.951. The van der Waals surface area contributed by atoms with E-state index in [4.69, 9.17) is 9.39 Å². The number of nitrogens with zero attached hydrogens (tertiary/aromatic N) is 2. The Kier molecular flexibility index (Phi) is 5.32. The van der Waals surface area contributed by atoms with Gasteiger partial charge < -0.3 is 19.5 Å². The summed E-state index contributed by atoms with van der Waals surface area (Å²) in [6.07, 6.45) is 2.94. The van der Waals surface area contributed by atoms with Gasteiger partial charge in [0, 0.05) is 6.42 Å². The Morgan fingerprint density at radius 2 is 2.11 bits per heavy atom. The van der Waals surface area contributed by atoms with Crippen molar-refractivity contribution in [3.63, 3.8) is 0 Å². The molecule has 0 radical (unpaired) electrons. The molecule has 8 heteroatoms. The lowest BCUT2D eigenvalue weighted by Crippen LogP contribution is -2.30. The molecule has 0 saturated carbocycles. The molecule has 0 fully saturated rings. The standard InChI is InChI=1S/C19H23BN2O5/c1-11(19(3,4)24)7-15(23)14-8-22-17(9-21-14)27-16-6-5-13-10-26-20(25)18(13)12(16)2/h5-6,8-9,11,24-25H,7,10H2,1-4H3/t11-/m0/s1. The van der Waals surface area contributed by atoms with Gasteiger partial charge in [0.25, 0.3) is 0 Å². The Labute approximate surface area is 158 Å². The van der Waals surface area contributed by atoms with Gasteiger partial charge in [-0.1, -0.05) is 13.0 Å². The molecule has 7 nitrogen and oxygen atoms in total. The number of carbonyl (C=O) groups is 1. The van der Waals surface area contributed by atoms with Crippen molar-refractivity contribution < 1.29 is 24.3 Å². The van der Waals surface area contributed by atoms with Crippen LogP contribution in [0.4, 0.5) is 0 Å². The molecular weight excluding hydrogens is 347 g/mol. The van der Waals surface area contributed by atoms with Gasteiger partial charge in [0.05, 0.1) is 24.6 Å². The predicted octanol–water partition coefficient (Wildman–Crippen LogP) is 1.77. The first kappa shape index (κ1) is 19.5. The van der Waals surface area contributed by atoms with Crippen LogP contribution in [0.25, 0.3) is 0 Å². The van der Waals surface area contributed by atoms with Crippen molar-refractivity contribution in [2.75, 3.05) is 0 Å². The molecule has 1 atom stereocenters. The number of aromatic nitrogens is 2. The highest BCUT2D eigenvalue weighted by molar-refractivity contribution is 6.62. The van der Waals surface area contributed by atoms with Crippen LogP contribution in [0.1, 0.15) is 48.8 Å². The molecule has 1 aromatic heterocycles. The zero-order chi connectivity index (χ0) is 19.8. The fraction of sp³-hybridized carbons (Fsp3) is 0.421. The first-order chi connectivity index (χ1) is 12.7. The van der Waals surface area contributed by atoms with E-state index in [9.17, 15) is 14.9 Å². The Morgan fingerprint density at radius 1 is 1.37 bits per heavy atom. The van der Waals surface area contributed by atoms with Crippen LogP contribution in [0.2, 0.25) is 0 Å². The maximum absolute atomic E-state index is 12.3. The summed E-state index contributed by atoms with van der Waals surface area (Å²) in [5.41, 5.74) is 1.71. The third-order valence-corrected chi connectivity index (χ3v) is 5.03. The maximum atomic E-state index is 12.3. The molecule has 1 aliphatic heterocycles. The van der Waals surface area contributed by atoms with Crippen molar-refractivity contribution in [1.82, 2.24) is 9.97 Å². The summed E-state index contributed by atoms with van der Waals surface area (Å²) in [6.45, 7) is 7.38. The van der Waals surface area contributed by atoms with E-state index in [-0.39, 0.29) is 29.7 Å². The van der Waals surface area contributed by atoms with Crippen molar-refractivity contribution in [2.24, 2.45) is 5.92 Å². The van der Waals surface area contributed by atoms with Gasteiger partial charge in [-0.15, -0.1) is 0 Å². The first-order valence-electron chi connectivity index (χ1n) is 8.84. The van der Waals surface area contributed by atoms with Crippen molar-refractivity contribution >= 4 is 18.4 Å². The quantitative estimate of drug-likeness (QED) is 0.590. The molecule has 0 bridgehead atoms. The minimum absolute atomic E-state index is 0.181. The zero-order valence-electron chi connectivity index (χ0n) is 15.9. The van der Waals surface area contributed by atoms with Gasteiger partial charge in [0.15, 0.2) is 5.78 Å². The van der Waals surface area contributed by atoms with Crippen molar-refractivity contribution in [3.8, 4) is 11.6 Å². The number of carbonyl (C=O) groups excluding carboxylic acids is 1. The molecule has 2 N–H and O–H groups in total. The lowest BCUT2D eigenvalue weighted by Gasteiger charge is -2.24. The van der Waals surface area contributed by atoms with Crippen LogP contribution in [-0.4, -0.2) is 38.6 Å². The number of hydrogen-bond donors (Lipinski definition) is 2. The molecule has 0 spiro atoms. The smallest absolute Gasteiger partial charge is 0.437 e. The Balaban J connectivity index is 1.72. The second kappa shape index (κ2) is 7.38. The highest BCUT2D eigenvalue weighted by atomic mass is 16.5. The van der Waals surface area contributed by atoms with E-state index in [2.05, 4.69) is 9.97 Å². The van der Waals surface area contributed by atoms with Crippen LogP contribution in [0.5, 0.6) is 11.6 Å². The number of benzene rings is 1. The summed E-state index contributed by atoms with van der Waals surface area (Å²) in [5, 5.41) is 19.9. The lowest BCUT2D eigenvalue weighted by atomic mass is 9.76. The number of rotatable bonds is 6. The number of hydrogen-bond acceptors (Lipinski definition) is 7. The molecule has 0 saturated heterocycles. The van der Waals surface area contributed by atoms with Crippen LogP contribution in [-0.2, 0) is 11.3 Å². The topological polar surface area (TPSA) is 102 Å². The lowest BCUT2D eigenvalue weighted by molar-refractivity contribution is 0.0212. The van der Waals surface area contributed by atoms with E-state index in [0.717, 1.165) is 11.1 Å². The average Bonchev–Trinajstić information content (AvgIpc) is 2.99. The molecule has 0 amide bonds. The van der Waals surface area contributed by atoms with Gasteiger partial charge in [0.1, 0.15) is 11.4 Å². The normalized spacial score (nSPS) is 14.8. The summed E-state index contributed by atoms with van der Waals surface area (Å²) in [6, 6.07) is 3.64. The van der Waals surface area contributed by atoms with Crippen molar-refractivity contribution in [2.45, 2.75) is 46.3 Å². The molecule has 27 heavy (non-hydrogen) atoms. The van der Waals surface area contributed by atoms with Crippen molar-refractivity contribution in [3.05, 3.63) is 41.3 Å². The summed E-state index contributed by atoms with van der Waals surface area (Å²) >= 11 is 0. The van der Waals surface area contributed by atoms with Crippen LogP contribution in [0.3, 0.4) is 0 Å². The minimum atomic E-state index is -0.951. The SMILES string of the molecule is Cc1c(Oc2cnc(C(=O)C[C@H](C)C(C)(C)O)cn2)ccc2c1B(O)OC2. The third-order valence-electron chi connectivity index (χ3n) is 5.03. The molecule has 0 aliphatic carbocycles.